The molecule has 2 aliphatic heterocycles. The van der Waals surface area contributed by atoms with E-state index in [-0.39, 0.29) is 12.5 Å². The number of amides is 2. The Labute approximate surface area is 95.3 Å². The summed E-state index contributed by atoms with van der Waals surface area (Å²) < 4.78 is 5.29. The molecule has 0 N–H and O–H groups in total. The van der Waals surface area contributed by atoms with Crippen molar-refractivity contribution < 1.29 is 14.3 Å². The van der Waals surface area contributed by atoms with E-state index in [1.54, 1.807) is 0 Å². The first-order chi connectivity index (χ1) is 7.79. The van der Waals surface area contributed by atoms with Gasteiger partial charge in [-0.2, -0.15) is 0 Å². The predicted octanol–water partition coefficient (Wildman–Crippen LogP) is -0.286. The number of hydrogen-bond acceptors (Lipinski definition) is 3. The van der Waals surface area contributed by atoms with E-state index in [1.807, 2.05) is 4.90 Å². The van der Waals surface area contributed by atoms with E-state index < -0.39 is 0 Å². The second-order valence-electron chi connectivity index (χ2n) is 4.47. The molecule has 2 heterocycles. The van der Waals surface area contributed by atoms with Crippen molar-refractivity contribution in [2.24, 2.45) is 5.92 Å². The second-order valence-corrected chi connectivity index (χ2v) is 4.47. The summed E-state index contributed by atoms with van der Waals surface area (Å²) in [6.45, 7) is 4.04. The van der Waals surface area contributed by atoms with E-state index in [2.05, 4.69) is 0 Å². The monoisotopic (exact) mass is 226 g/mol. The van der Waals surface area contributed by atoms with E-state index in [0.717, 1.165) is 39.0 Å². The zero-order chi connectivity index (χ0) is 11.4. The number of ether oxygens (including phenoxy) is 1. The summed E-state index contributed by atoms with van der Waals surface area (Å²) in [7, 11) is 0. The van der Waals surface area contributed by atoms with E-state index >= 15 is 0 Å². The zero-order valence-corrected chi connectivity index (χ0v) is 9.43. The van der Waals surface area contributed by atoms with Gasteiger partial charge in [0.05, 0.1) is 6.54 Å². The number of carbonyl (C=O) groups is 2. The first-order valence-electron chi connectivity index (χ1n) is 5.84. The SMILES string of the molecule is O=CN1CCN(CC2CCOCC2)C(=O)C1. The molecule has 0 aliphatic carbocycles. The minimum atomic E-state index is 0.0739. The van der Waals surface area contributed by atoms with Gasteiger partial charge in [-0.15, -0.1) is 0 Å². The Morgan fingerprint density at radius 1 is 1.31 bits per heavy atom. The van der Waals surface area contributed by atoms with Gasteiger partial charge in [0.25, 0.3) is 0 Å². The summed E-state index contributed by atoms with van der Waals surface area (Å²) in [4.78, 5) is 25.7. The predicted molar refractivity (Wildman–Crippen MR) is 57.8 cm³/mol. The van der Waals surface area contributed by atoms with Crippen LogP contribution in [0, 0.1) is 5.92 Å². The lowest BCUT2D eigenvalue weighted by Gasteiger charge is -2.35. The maximum absolute atomic E-state index is 11.7. The molecule has 0 aromatic carbocycles. The van der Waals surface area contributed by atoms with Crippen LogP contribution in [0.2, 0.25) is 0 Å². The molecule has 0 unspecified atom stereocenters. The topological polar surface area (TPSA) is 49.9 Å². The Hall–Kier alpha value is -1.10. The van der Waals surface area contributed by atoms with Crippen LogP contribution in [0.15, 0.2) is 0 Å². The van der Waals surface area contributed by atoms with Gasteiger partial charge in [0.1, 0.15) is 0 Å². The third-order valence-electron chi connectivity index (χ3n) is 3.32. The first-order valence-corrected chi connectivity index (χ1v) is 5.84. The molecule has 0 radical (unpaired) electrons. The van der Waals surface area contributed by atoms with Crippen LogP contribution >= 0.6 is 0 Å². The van der Waals surface area contributed by atoms with Gasteiger partial charge in [-0.3, -0.25) is 9.59 Å². The average Bonchev–Trinajstić information content (AvgIpc) is 2.33. The molecule has 0 aromatic rings. The molecule has 2 saturated heterocycles. The summed E-state index contributed by atoms with van der Waals surface area (Å²) in [5.74, 6) is 0.644. The smallest absolute Gasteiger partial charge is 0.242 e. The lowest BCUT2D eigenvalue weighted by molar-refractivity contribution is -0.141. The molecule has 16 heavy (non-hydrogen) atoms. The van der Waals surface area contributed by atoms with Crippen LogP contribution in [0.1, 0.15) is 12.8 Å². The van der Waals surface area contributed by atoms with Crippen molar-refractivity contribution in [3.8, 4) is 0 Å². The van der Waals surface area contributed by atoms with Crippen LogP contribution in [-0.2, 0) is 14.3 Å². The minimum absolute atomic E-state index is 0.0739. The second kappa shape index (κ2) is 5.30. The maximum atomic E-state index is 11.7. The van der Waals surface area contributed by atoms with Gasteiger partial charge in [0.2, 0.25) is 12.3 Å². The number of piperazine rings is 1. The van der Waals surface area contributed by atoms with Crippen LogP contribution in [0.4, 0.5) is 0 Å². The Morgan fingerprint density at radius 3 is 2.69 bits per heavy atom. The number of carbonyl (C=O) groups excluding carboxylic acids is 2. The Morgan fingerprint density at radius 2 is 2.06 bits per heavy atom. The minimum Gasteiger partial charge on any atom is -0.381 e. The molecule has 2 aliphatic rings. The quantitative estimate of drug-likeness (QED) is 0.622. The molecule has 0 aromatic heterocycles. The van der Waals surface area contributed by atoms with Crippen LogP contribution in [0.3, 0.4) is 0 Å². The van der Waals surface area contributed by atoms with Crippen molar-refractivity contribution in [2.45, 2.75) is 12.8 Å². The lowest BCUT2D eigenvalue weighted by Crippen LogP contribution is -2.51. The summed E-state index contributed by atoms with van der Waals surface area (Å²) in [5, 5.41) is 0. The van der Waals surface area contributed by atoms with E-state index in [0.29, 0.717) is 19.0 Å². The first kappa shape index (κ1) is 11.4. The zero-order valence-electron chi connectivity index (χ0n) is 9.43. The highest BCUT2D eigenvalue weighted by molar-refractivity contribution is 5.81. The van der Waals surface area contributed by atoms with E-state index in [9.17, 15) is 9.59 Å². The van der Waals surface area contributed by atoms with Gasteiger partial charge in [0, 0.05) is 32.8 Å². The molecule has 2 amide bonds. The summed E-state index contributed by atoms with van der Waals surface area (Å²) in [5.41, 5.74) is 0. The van der Waals surface area contributed by atoms with Crippen LogP contribution in [0.5, 0.6) is 0 Å². The molecule has 0 saturated carbocycles. The highest BCUT2D eigenvalue weighted by Crippen LogP contribution is 2.17. The highest BCUT2D eigenvalue weighted by Gasteiger charge is 2.25. The number of hydrogen-bond donors (Lipinski definition) is 0. The van der Waals surface area contributed by atoms with Crippen LogP contribution < -0.4 is 0 Å². The van der Waals surface area contributed by atoms with Gasteiger partial charge < -0.3 is 14.5 Å². The summed E-state index contributed by atoms with van der Waals surface area (Å²) in [6.07, 6.45) is 2.84. The number of rotatable bonds is 3. The summed E-state index contributed by atoms with van der Waals surface area (Å²) in [6, 6.07) is 0. The Kier molecular flexibility index (Phi) is 3.77. The molecular formula is C11H18N2O3. The fourth-order valence-corrected chi connectivity index (χ4v) is 2.25. The molecule has 0 atom stereocenters. The van der Waals surface area contributed by atoms with Crippen LogP contribution in [-0.4, -0.2) is 61.5 Å². The Bertz CT molecular complexity index is 264. The number of nitrogens with zero attached hydrogens (tertiary/aromatic N) is 2. The molecular weight excluding hydrogens is 208 g/mol. The summed E-state index contributed by atoms with van der Waals surface area (Å²) >= 11 is 0. The largest absolute Gasteiger partial charge is 0.381 e. The Balaban J connectivity index is 1.81. The third-order valence-corrected chi connectivity index (χ3v) is 3.32. The van der Waals surface area contributed by atoms with Crippen molar-refractivity contribution in [1.82, 2.24) is 9.80 Å². The lowest BCUT2D eigenvalue weighted by atomic mass is 9.99. The van der Waals surface area contributed by atoms with Crippen molar-refractivity contribution in [1.29, 1.82) is 0 Å². The highest BCUT2D eigenvalue weighted by atomic mass is 16.5. The van der Waals surface area contributed by atoms with Gasteiger partial charge >= 0.3 is 0 Å². The average molecular weight is 226 g/mol. The molecule has 0 bridgehead atoms. The molecule has 2 fully saturated rings. The molecule has 2 rings (SSSR count). The van der Waals surface area contributed by atoms with Gasteiger partial charge in [-0.05, 0) is 18.8 Å². The normalized spacial score (nSPS) is 23.6. The van der Waals surface area contributed by atoms with E-state index in [4.69, 9.17) is 4.74 Å². The van der Waals surface area contributed by atoms with Gasteiger partial charge in [-0.25, -0.2) is 0 Å². The van der Waals surface area contributed by atoms with E-state index in [1.165, 1.54) is 4.90 Å². The standard InChI is InChI=1S/C11H18N2O3/c14-9-12-3-4-13(11(15)8-12)7-10-1-5-16-6-2-10/h9-10H,1-8H2. The molecule has 5 nitrogen and oxygen atoms in total. The molecule has 90 valence electrons. The fraction of sp³-hybridized carbons (Fsp3) is 0.818. The van der Waals surface area contributed by atoms with Gasteiger partial charge in [-0.1, -0.05) is 0 Å². The third kappa shape index (κ3) is 2.72. The van der Waals surface area contributed by atoms with Gasteiger partial charge in [0.15, 0.2) is 0 Å². The van der Waals surface area contributed by atoms with Crippen molar-refractivity contribution in [3.63, 3.8) is 0 Å². The maximum Gasteiger partial charge on any atom is 0.242 e. The molecule has 5 heteroatoms. The fourth-order valence-electron chi connectivity index (χ4n) is 2.25. The molecule has 0 spiro atoms. The van der Waals surface area contributed by atoms with Crippen molar-refractivity contribution in [2.75, 3.05) is 39.4 Å². The van der Waals surface area contributed by atoms with Crippen LogP contribution in [0.25, 0.3) is 0 Å². The van der Waals surface area contributed by atoms with Crippen molar-refractivity contribution >= 4 is 12.3 Å². The van der Waals surface area contributed by atoms with Crippen molar-refractivity contribution in [3.05, 3.63) is 0 Å².